The third kappa shape index (κ3) is 7.22. The molecule has 0 bridgehead atoms. The Morgan fingerprint density at radius 1 is 1.60 bits per heavy atom. The Balaban J connectivity index is 3.29. The lowest BCUT2D eigenvalue weighted by Crippen LogP contribution is -2.27. The molecule has 0 saturated carbocycles. The zero-order valence-corrected chi connectivity index (χ0v) is 5.16. The molecule has 0 spiro atoms. The summed E-state index contributed by atoms with van der Waals surface area (Å²) in [5.74, 6) is -0.663. The highest BCUT2D eigenvalue weighted by molar-refractivity contribution is 5.71. The van der Waals surface area contributed by atoms with Gasteiger partial charge in [-0.2, -0.15) is 13.2 Å². The summed E-state index contributed by atoms with van der Waals surface area (Å²) in [6.07, 6.45) is -4.40. The van der Waals surface area contributed by atoms with Crippen LogP contribution in [0, 0.1) is 0 Å². The average Bonchev–Trinajstić information content (AvgIpc) is 1.59. The first kappa shape index (κ1) is 9.22. The molecule has 1 amide bonds. The summed E-state index contributed by atoms with van der Waals surface area (Å²) >= 11 is 0. The van der Waals surface area contributed by atoms with Gasteiger partial charge in [0.1, 0.15) is 0 Å². The fourth-order valence-electron chi connectivity index (χ4n) is 0.220. The predicted octanol–water partition coefficient (Wildman–Crippen LogP) is 0.616. The molecule has 0 saturated heterocycles. The zero-order valence-electron chi connectivity index (χ0n) is 5.16. The highest BCUT2D eigenvalue weighted by Gasteiger charge is 2.27. The first-order chi connectivity index (χ1) is 4.42. The minimum absolute atomic E-state index is 0.663. The van der Waals surface area contributed by atoms with Crippen molar-refractivity contribution >= 4 is 5.91 Å². The van der Waals surface area contributed by atoms with E-state index in [2.05, 4.69) is 4.84 Å². The van der Waals surface area contributed by atoms with E-state index in [1.54, 1.807) is 5.48 Å². The number of carbonyl (C=O) groups is 1. The minimum Gasteiger partial charge on any atom is -0.273 e. The molecule has 0 aromatic rings. The minimum atomic E-state index is -4.40. The lowest BCUT2D eigenvalue weighted by atomic mass is 10.7. The summed E-state index contributed by atoms with van der Waals surface area (Å²) in [5.41, 5.74) is 1.54. The van der Waals surface area contributed by atoms with E-state index in [0.717, 1.165) is 6.92 Å². The number of alkyl halides is 3. The summed E-state index contributed by atoms with van der Waals surface area (Å²) in [6.45, 7) is -0.414. The third-order valence-corrected chi connectivity index (χ3v) is 0.452. The molecule has 6 heteroatoms. The molecule has 0 unspecified atom stereocenters. The molecule has 60 valence electrons. The molecule has 0 fully saturated rings. The molecule has 0 aliphatic heterocycles. The maximum Gasteiger partial charge on any atom is 0.414 e. The van der Waals surface area contributed by atoms with Gasteiger partial charge in [-0.1, -0.05) is 0 Å². The second-order valence-corrected chi connectivity index (χ2v) is 1.56. The molecule has 0 aliphatic carbocycles. The van der Waals surface area contributed by atoms with Crippen LogP contribution >= 0.6 is 0 Å². The number of nitrogens with one attached hydrogen (secondary N) is 1. The number of hydrogen-bond acceptors (Lipinski definition) is 2. The Morgan fingerprint density at radius 3 is 2.40 bits per heavy atom. The predicted molar refractivity (Wildman–Crippen MR) is 25.8 cm³/mol. The fourth-order valence-corrected chi connectivity index (χ4v) is 0.220. The quantitative estimate of drug-likeness (QED) is 0.596. The van der Waals surface area contributed by atoms with Gasteiger partial charge < -0.3 is 0 Å². The normalized spacial score (nSPS) is 11.2. The smallest absolute Gasteiger partial charge is 0.273 e. The summed E-state index contributed by atoms with van der Waals surface area (Å²) < 4.78 is 33.7. The molecule has 3 nitrogen and oxygen atoms in total. The van der Waals surface area contributed by atoms with Crippen LogP contribution in [-0.4, -0.2) is 18.7 Å². The summed E-state index contributed by atoms with van der Waals surface area (Å²) in [7, 11) is 0. The van der Waals surface area contributed by atoms with Crippen LogP contribution in [0.1, 0.15) is 6.92 Å². The van der Waals surface area contributed by atoms with Crippen molar-refractivity contribution < 1.29 is 22.8 Å². The van der Waals surface area contributed by atoms with Crippen LogP contribution in [0.5, 0.6) is 0 Å². The Bertz CT molecular complexity index is 122. The number of halogens is 3. The molecule has 0 atom stereocenters. The SMILES string of the molecule is CC(=O)NOCC(F)(F)F. The Morgan fingerprint density at radius 2 is 2.10 bits per heavy atom. The topological polar surface area (TPSA) is 38.3 Å². The Labute approximate surface area is 55.1 Å². The highest BCUT2D eigenvalue weighted by Crippen LogP contribution is 2.13. The van der Waals surface area contributed by atoms with Crippen molar-refractivity contribution in [3.8, 4) is 0 Å². The van der Waals surface area contributed by atoms with Crippen molar-refractivity contribution in [2.24, 2.45) is 0 Å². The second-order valence-electron chi connectivity index (χ2n) is 1.56. The van der Waals surface area contributed by atoms with E-state index in [1.165, 1.54) is 0 Å². The molecular weight excluding hydrogens is 151 g/mol. The number of amides is 1. The largest absolute Gasteiger partial charge is 0.414 e. The van der Waals surface area contributed by atoms with E-state index < -0.39 is 18.7 Å². The fraction of sp³-hybridized carbons (Fsp3) is 0.750. The van der Waals surface area contributed by atoms with Gasteiger partial charge in [0.2, 0.25) is 5.91 Å². The number of hydrogen-bond donors (Lipinski definition) is 1. The molecule has 0 aromatic heterocycles. The summed E-state index contributed by atoms with van der Waals surface area (Å²) in [4.78, 5) is 13.7. The van der Waals surface area contributed by atoms with Crippen LogP contribution in [0.15, 0.2) is 0 Å². The monoisotopic (exact) mass is 157 g/mol. The van der Waals surface area contributed by atoms with Crippen molar-refractivity contribution in [1.29, 1.82) is 0 Å². The van der Waals surface area contributed by atoms with Crippen LogP contribution in [0.2, 0.25) is 0 Å². The van der Waals surface area contributed by atoms with E-state index in [0.29, 0.717) is 0 Å². The molecule has 0 rings (SSSR count). The van der Waals surface area contributed by atoms with Gasteiger partial charge in [-0.05, 0) is 0 Å². The van der Waals surface area contributed by atoms with Crippen molar-refractivity contribution in [3.05, 3.63) is 0 Å². The lowest BCUT2D eigenvalue weighted by Gasteiger charge is -2.05. The van der Waals surface area contributed by atoms with Crippen LogP contribution < -0.4 is 5.48 Å². The molecule has 0 heterocycles. The Hall–Kier alpha value is -0.780. The molecule has 0 aliphatic rings. The zero-order chi connectivity index (χ0) is 8.20. The van der Waals surface area contributed by atoms with Gasteiger partial charge in [0.25, 0.3) is 0 Å². The van der Waals surface area contributed by atoms with E-state index in [-0.39, 0.29) is 0 Å². The van der Waals surface area contributed by atoms with Gasteiger partial charge >= 0.3 is 6.18 Å². The second kappa shape index (κ2) is 3.40. The van der Waals surface area contributed by atoms with Crippen molar-refractivity contribution in [2.75, 3.05) is 6.61 Å². The highest BCUT2D eigenvalue weighted by atomic mass is 19.4. The van der Waals surface area contributed by atoms with E-state index in [4.69, 9.17) is 0 Å². The standard InChI is InChI=1S/C4H6F3NO2/c1-3(9)8-10-2-4(5,6)7/h2H2,1H3,(H,8,9). The number of hydroxylamine groups is 1. The van der Waals surface area contributed by atoms with Gasteiger partial charge in [0, 0.05) is 6.92 Å². The van der Waals surface area contributed by atoms with Crippen molar-refractivity contribution in [1.82, 2.24) is 5.48 Å². The van der Waals surface area contributed by atoms with Crippen molar-refractivity contribution in [3.63, 3.8) is 0 Å². The van der Waals surface area contributed by atoms with Crippen LogP contribution in [0.3, 0.4) is 0 Å². The van der Waals surface area contributed by atoms with Gasteiger partial charge in [-0.25, -0.2) is 5.48 Å². The third-order valence-electron chi connectivity index (χ3n) is 0.452. The van der Waals surface area contributed by atoms with Crippen LogP contribution in [0.25, 0.3) is 0 Å². The maximum absolute atomic E-state index is 11.2. The first-order valence-corrected chi connectivity index (χ1v) is 2.37. The van der Waals surface area contributed by atoms with Crippen LogP contribution in [0.4, 0.5) is 13.2 Å². The lowest BCUT2D eigenvalue weighted by molar-refractivity contribution is -0.191. The van der Waals surface area contributed by atoms with Gasteiger partial charge in [-0.3, -0.25) is 9.63 Å². The van der Waals surface area contributed by atoms with E-state index in [9.17, 15) is 18.0 Å². The maximum atomic E-state index is 11.2. The summed E-state index contributed by atoms with van der Waals surface area (Å²) in [6, 6.07) is 0. The van der Waals surface area contributed by atoms with Gasteiger partial charge in [0.15, 0.2) is 6.61 Å². The molecule has 0 radical (unpaired) electrons. The summed E-state index contributed by atoms with van der Waals surface area (Å²) in [5, 5.41) is 0. The van der Waals surface area contributed by atoms with E-state index >= 15 is 0 Å². The molecular formula is C4H6F3NO2. The molecule has 0 aromatic carbocycles. The molecule has 10 heavy (non-hydrogen) atoms. The number of carbonyl (C=O) groups excluding carboxylic acids is 1. The van der Waals surface area contributed by atoms with Crippen LogP contribution in [-0.2, 0) is 9.63 Å². The Kier molecular flexibility index (Phi) is 3.14. The first-order valence-electron chi connectivity index (χ1n) is 2.37. The van der Waals surface area contributed by atoms with Gasteiger partial charge in [0.05, 0.1) is 0 Å². The van der Waals surface area contributed by atoms with E-state index in [1.807, 2.05) is 0 Å². The average molecular weight is 157 g/mol. The molecule has 1 N–H and O–H groups in total. The number of rotatable bonds is 2. The van der Waals surface area contributed by atoms with Crippen molar-refractivity contribution in [2.45, 2.75) is 13.1 Å². The van der Waals surface area contributed by atoms with Gasteiger partial charge in [-0.15, -0.1) is 0 Å².